The molecule has 1 heterocycles. The fourth-order valence-corrected chi connectivity index (χ4v) is 1.52. The van der Waals surface area contributed by atoms with Gasteiger partial charge >= 0.3 is 0 Å². The van der Waals surface area contributed by atoms with Gasteiger partial charge in [-0.1, -0.05) is 0 Å². The number of aromatic nitrogens is 1. The Balaban J connectivity index is 1.96. The molecule has 1 amide bonds. The molecule has 1 aromatic heterocycles. The van der Waals surface area contributed by atoms with Crippen LogP contribution in [0.4, 0.5) is 0 Å². The number of carbonyl (C=O) groups excluding carboxylic acids is 1. The van der Waals surface area contributed by atoms with Gasteiger partial charge in [0, 0.05) is 18.9 Å². The van der Waals surface area contributed by atoms with Gasteiger partial charge in [0.1, 0.15) is 0 Å². The van der Waals surface area contributed by atoms with Crippen LogP contribution in [0.25, 0.3) is 0 Å². The summed E-state index contributed by atoms with van der Waals surface area (Å²) >= 11 is 0. The Morgan fingerprint density at radius 2 is 2.43 bits per heavy atom. The lowest BCUT2D eigenvalue weighted by Crippen LogP contribution is -2.43. The quantitative estimate of drug-likeness (QED) is 0.732. The number of rotatable bonds is 3. The summed E-state index contributed by atoms with van der Waals surface area (Å²) in [5.74, 6) is 0.0482. The molecule has 2 rings (SSSR count). The first kappa shape index (κ1) is 9.27. The largest absolute Gasteiger partial charge is 0.364 e. The van der Waals surface area contributed by atoms with E-state index < -0.39 is 5.54 Å². The van der Waals surface area contributed by atoms with Gasteiger partial charge in [-0.25, -0.2) is 0 Å². The lowest BCUT2D eigenvalue weighted by molar-refractivity contribution is -0.132. The summed E-state index contributed by atoms with van der Waals surface area (Å²) in [6.07, 6.45) is 3.49. The van der Waals surface area contributed by atoms with Crippen molar-refractivity contribution in [2.75, 3.05) is 7.05 Å². The fourth-order valence-electron chi connectivity index (χ4n) is 1.52. The molecule has 1 aliphatic carbocycles. The predicted molar refractivity (Wildman–Crippen MR) is 53.4 cm³/mol. The van der Waals surface area contributed by atoms with Crippen LogP contribution in [-0.2, 0) is 11.3 Å². The van der Waals surface area contributed by atoms with E-state index >= 15 is 0 Å². The zero-order valence-electron chi connectivity index (χ0n) is 8.29. The molecule has 1 fully saturated rings. The van der Waals surface area contributed by atoms with Crippen molar-refractivity contribution < 1.29 is 4.79 Å². The first-order chi connectivity index (χ1) is 6.62. The van der Waals surface area contributed by atoms with Crippen molar-refractivity contribution in [3.05, 3.63) is 24.0 Å². The van der Waals surface area contributed by atoms with Crippen LogP contribution in [0.3, 0.4) is 0 Å². The maximum absolute atomic E-state index is 11.7. The minimum Gasteiger partial charge on any atom is -0.364 e. The van der Waals surface area contributed by atoms with E-state index in [0.717, 1.165) is 18.5 Å². The monoisotopic (exact) mass is 193 g/mol. The van der Waals surface area contributed by atoms with Crippen LogP contribution in [0, 0.1) is 0 Å². The molecule has 0 aliphatic heterocycles. The second-order valence-corrected chi connectivity index (χ2v) is 4.01. The minimum atomic E-state index is -0.554. The molecule has 1 aromatic rings. The van der Waals surface area contributed by atoms with Crippen LogP contribution in [0.15, 0.2) is 18.3 Å². The van der Waals surface area contributed by atoms with Gasteiger partial charge in [0.25, 0.3) is 0 Å². The van der Waals surface area contributed by atoms with Gasteiger partial charge < -0.3 is 15.6 Å². The maximum atomic E-state index is 11.7. The number of hydrogen-bond donors (Lipinski definition) is 2. The Kier molecular flexibility index (Phi) is 2.07. The van der Waals surface area contributed by atoms with Crippen LogP contribution < -0.4 is 5.73 Å². The third kappa shape index (κ3) is 1.65. The van der Waals surface area contributed by atoms with Crippen molar-refractivity contribution in [1.29, 1.82) is 0 Å². The molecular formula is C10H15N3O. The molecule has 4 heteroatoms. The van der Waals surface area contributed by atoms with Crippen molar-refractivity contribution in [3.63, 3.8) is 0 Å². The summed E-state index contributed by atoms with van der Waals surface area (Å²) in [4.78, 5) is 16.5. The second-order valence-electron chi connectivity index (χ2n) is 4.01. The predicted octanol–water partition coefficient (Wildman–Crippen LogP) is 0.464. The van der Waals surface area contributed by atoms with E-state index in [9.17, 15) is 4.79 Å². The molecule has 1 saturated carbocycles. The average molecular weight is 193 g/mol. The summed E-state index contributed by atoms with van der Waals surface area (Å²) < 4.78 is 0. The molecule has 4 nitrogen and oxygen atoms in total. The zero-order chi connectivity index (χ0) is 10.2. The average Bonchev–Trinajstić information content (AvgIpc) is 2.71. The SMILES string of the molecule is CN(Cc1ccc[nH]1)C(=O)C1(N)CC1. The first-order valence-corrected chi connectivity index (χ1v) is 4.78. The fraction of sp³-hybridized carbons (Fsp3) is 0.500. The number of likely N-dealkylation sites (N-methyl/N-ethyl adjacent to an activating group) is 1. The van der Waals surface area contributed by atoms with Crippen molar-refractivity contribution in [3.8, 4) is 0 Å². The van der Waals surface area contributed by atoms with E-state index in [1.807, 2.05) is 18.3 Å². The van der Waals surface area contributed by atoms with E-state index in [4.69, 9.17) is 5.73 Å². The number of nitrogens with one attached hydrogen (secondary N) is 1. The summed E-state index contributed by atoms with van der Waals surface area (Å²) in [6, 6.07) is 3.88. The molecule has 0 radical (unpaired) electrons. The number of amides is 1. The van der Waals surface area contributed by atoms with Gasteiger partial charge in [-0.3, -0.25) is 4.79 Å². The summed E-state index contributed by atoms with van der Waals surface area (Å²) in [5, 5.41) is 0. The summed E-state index contributed by atoms with van der Waals surface area (Å²) in [5.41, 5.74) is 6.30. The van der Waals surface area contributed by atoms with Gasteiger partial charge in [-0.15, -0.1) is 0 Å². The highest BCUT2D eigenvalue weighted by Gasteiger charge is 2.47. The number of carbonyl (C=O) groups is 1. The number of nitrogens with two attached hydrogens (primary N) is 1. The van der Waals surface area contributed by atoms with E-state index in [1.54, 1.807) is 11.9 Å². The topological polar surface area (TPSA) is 62.1 Å². The van der Waals surface area contributed by atoms with Crippen LogP contribution in [0.2, 0.25) is 0 Å². The lowest BCUT2D eigenvalue weighted by Gasteiger charge is -2.20. The highest BCUT2D eigenvalue weighted by molar-refractivity contribution is 5.88. The van der Waals surface area contributed by atoms with Gasteiger partial charge in [0.15, 0.2) is 0 Å². The van der Waals surface area contributed by atoms with Crippen LogP contribution in [-0.4, -0.2) is 28.4 Å². The third-order valence-corrected chi connectivity index (χ3v) is 2.63. The van der Waals surface area contributed by atoms with Gasteiger partial charge in [0.05, 0.1) is 12.1 Å². The van der Waals surface area contributed by atoms with Gasteiger partial charge in [0.2, 0.25) is 5.91 Å². The van der Waals surface area contributed by atoms with E-state index in [0.29, 0.717) is 6.54 Å². The Hall–Kier alpha value is -1.29. The van der Waals surface area contributed by atoms with E-state index in [-0.39, 0.29) is 5.91 Å². The molecule has 0 bridgehead atoms. The molecule has 76 valence electrons. The number of H-pyrrole nitrogens is 1. The summed E-state index contributed by atoms with van der Waals surface area (Å²) in [6.45, 7) is 0.602. The molecule has 0 saturated heterocycles. The van der Waals surface area contributed by atoms with Crippen LogP contribution in [0.5, 0.6) is 0 Å². The highest BCUT2D eigenvalue weighted by Crippen LogP contribution is 2.33. The molecule has 0 spiro atoms. The van der Waals surface area contributed by atoms with E-state index in [2.05, 4.69) is 4.98 Å². The third-order valence-electron chi connectivity index (χ3n) is 2.63. The van der Waals surface area contributed by atoms with Crippen LogP contribution in [0.1, 0.15) is 18.5 Å². The Labute approximate surface area is 83.1 Å². The first-order valence-electron chi connectivity index (χ1n) is 4.78. The van der Waals surface area contributed by atoms with Crippen molar-refractivity contribution in [2.45, 2.75) is 24.9 Å². The second kappa shape index (κ2) is 3.13. The number of aromatic amines is 1. The van der Waals surface area contributed by atoms with Crippen molar-refractivity contribution in [2.24, 2.45) is 5.73 Å². The molecule has 14 heavy (non-hydrogen) atoms. The van der Waals surface area contributed by atoms with Crippen molar-refractivity contribution >= 4 is 5.91 Å². The molecular weight excluding hydrogens is 178 g/mol. The van der Waals surface area contributed by atoms with Gasteiger partial charge in [-0.2, -0.15) is 0 Å². The lowest BCUT2D eigenvalue weighted by atomic mass is 10.2. The smallest absolute Gasteiger partial charge is 0.242 e. The standard InChI is InChI=1S/C10H15N3O/c1-13(7-8-3-2-6-12-8)9(14)10(11)4-5-10/h2-3,6,12H,4-5,7,11H2,1H3. The Bertz CT molecular complexity index is 327. The molecule has 0 atom stereocenters. The molecule has 0 unspecified atom stereocenters. The number of hydrogen-bond acceptors (Lipinski definition) is 2. The molecule has 0 aromatic carbocycles. The van der Waals surface area contributed by atoms with Crippen molar-refractivity contribution in [1.82, 2.24) is 9.88 Å². The summed E-state index contributed by atoms with van der Waals surface area (Å²) in [7, 11) is 1.79. The highest BCUT2D eigenvalue weighted by atomic mass is 16.2. The molecule has 1 aliphatic rings. The number of nitrogens with zero attached hydrogens (tertiary/aromatic N) is 1. The van der Waals surface area contributed by atoms with E-state index in [1.165, 1.54) is 0 Å². The molecule has 3 N–H and O–H groups in total. The minimum absolute atomic E-state index is 0.0482. The maximum Gasteiger partial charge on any atom is 0.242 e. The Morgan fingerprint density at radius 3 is 2.93 bits per heavy atom. The normalized spacial score (nSPS) is 17.9. The Morgan fingerprint density at radius 1 is 1.71 bits per heavy atom. The van der Waals surface area contributed by atoms with Crippen LogP contribution >= 0.6 is 0 Å². The zero-order valence-corrected chi connectivity index (χ0v) is 8.29. The van der Waals surface area contributed by atoms with Gasteiger partial charge in [-0.05, 0) is 25.0 Å².